The lowest BCUT2D eigenvalue weighted by Gasteiger charge is -2.32. The molecule has 5 rings (SSSR count). The van der Waals surface area contributed by atoms with Gasteiger partial charge in [0.25, 0.3) is 0 Å². The Labute approximate surface area is 210 Å². The number of rotatable bonds is 10. The van der Waals surface area contributed by atoms with Crippen LogP contribution in [0.25, 0.3) is 0 Å². The van der Waals surface area contributed by atoms with Gasteiger partial charge < -0.3 is 19.5 Å². The van der Waals surface area contributed by atoms with E-state index in [1.54, 1.807) is 0 Å². The normalized spacial score (nSPS) is 12.0. The van der Waals surface area contributed by atoms with Gasteiger partial charge in [-0.3, -0.25) is 9.69 Å². The van der Waals surface area contributed by atoms with Crippen molar-refractivity contribution in [3.05, 3.63) is 114 Å². The van der Waals surface area contributed by atoms with Crippen molar-refractivity contribution in [2.75, 3.05) is 24.6 Å². The Bertz CT molecular complexity index is 1260. The summed E-state index contributed by atoms with van der Waals surface area (Å²) in [6, 6.07) is 33.8. The van der Waals surface area contributed by atoms with E-state index < -0.39 is 5.97 Å². The van der Waals surface area contributed by atoms with Gasteiger partial charge in [0.05, 0.1) is 24.5 Å². The van der Waals surface area contributed by atoms with Crippen LogP contribution in [-0.2, 0) is 17.9 Å². The van der Waals surface area contributed by atoms with Crippen molar-refractivity contribution in [2.45, 2.75) is 13.1 Å². The van der Waals surface area contributed by atoms with Gasteiger partial charge in [0, 0.05) is 13.1 Å². The summed E-state index contributed by atoms with van der Waals surface area (Å²) in [6.07, 6.45) is 0. The van der Waals surface area contributed by atoms with Crippen molar-refractivity contribution in [1.29, 1.82) is 0 Å². The summed E-state index contributed by atoms with van der Waals surface area (Å²) >= 11 is 0. The summed E-state index contributed by atoms with van der Waals surface area (Å²) in [4.78, 5) is 15.5. The molecule has 0 bridgehead atoms. The van der Waals surface area contributed by atoms with Crippen molar-refractivity contribution >= 4 is 17.3 Å². The van der Waals surface area contributed by atoms with Crippen molar-refractivity contribution in [2.24, 2.45) is 0 Å². The highest BCUT2D eigenvalue weighted by Crippen LogP contribution is 2.45. The van der Waals surface area contributed by atoms with Crippen molar-refractivity contribution in [1.82, 2.24) is 4.90 Å². The number of benzene rings is 4. The summed E-state index contributed by atoms with van der Waals surface area (Å²) in [5, 5.41) is 9.34. The Morgan fingerprint density at radius 1 is 0.750 bits per heavy atom. The van der Waals surface area contributed by atoms with Gasteiger partial charge in [-0.1, -0.05) is 66.7 Å². The highest BCUT2D eigenvalue weighted by Gasteiger charge is 2.23. The number of carboxylic acids is 1. The molecule has 4 aromatic carbocycles. The molecule has 0 saturated heterocycles. The van der Waals surface area contributed by atoms with E-state index >= 15 is 0 Å². The first-order valence-electron chi connectivity index (χ1n) is 12.0. The molecular formula is C30H28N2O4. The molecule has 0 amide bonds. The molecule has 0 spiro atoms. The van der Waals surface area contributed by atoms with Crippen LogP contribution in [0.5, 0.6) is 17.2 Å². The molecule has 6 heteroatoms. The predicted molar refractivity (Wildman–Crippen MR) is 140 cm³/mol. The number of hydrogen-bond acceptors (Lipinski definition) is 5. The summed E-state index contributed by atoms with van der Waals surface area (Å²) in [5.74, 6) is 1.61. The van der Waals surface area contributed by atoms with E-state index in [0.717, 1.165) is 39.8 Å². The van der Waals surface area contributed by atoms with Crippen molar-refractivity contribution in [3.8, 4) is 17.2 Å². The van der Waals surface area contributed by atoms with E-state index in [-0.39, 0.29) is 6.54 Å². The Kier molecular flexibility index (Phi) is 7.15. The quantitative estimate of drug-likeness (QED) is 0.296. The van der Waals surface area contributed by atoms with E-state index in [1.165, 1.54) is 0 Å². The smallest absolute Gasteiger partial charge is 0.317 e. The maximum Gasteiger partial charge on any atom is 0.317 e. The zero-order valence-corrected chi connectivity index (χ0v) is 19.9. The van der Waals surface area contributed by atoms with Gasteiger partial charge >= 0.3 is 5.97 Å². The zero-order chi connectivity index (χ0) is 24.7. The molecule has 0 aromatic heterocycles. The minimum absolute atomic E-state index is 0.0182. The maximum atomic E-state index is 11.4. The number of nitrogens with zero attached hydrogens (tertiary/aromatic N) is 2. The van der Waals surface area contributed by atoms with Crippen LogP contribution in [-0.4, -0.2) is 35.7 Å². The third kappa shape index (κ3) is 5.67. The predicted octanol–water partition coefficient (Wildman–Crippen LogP) is 6.10. The molecule has 6 nitrogen and oxygen atoms in total. The topological polar surface area (TPSA) is 62.2 Å². The molecule has 36 heavy (non-hydrogen) atoms. The lowest BCUT2D eigenvalue weighted by molar-refractivity contribution is -0.138. The minimum atomic E-state index is -0.836. The first-order valence-corrected chi connectivity index (χ1v) is 12.0. The molecule has 1 N–H and O–H groups in total. The van der Waals surface area contributed by atoms with Gasteiger partial charge in [-0.2, -0.15) is 0 Å². The van der Waals surface area contributed by atoms with Gasteiger partial charge in [-0.05, 0) is 47.5 Å². The largest absolute Gasteiger partial charge is 0.492 e. The summed E-state index contributed by atoms with van der Waals surface area (Å²) in [7, 11) is 0. The number of fused-ring (bicyclic) bond motifs is 2. The van der Waals surface area contributed by atoms with Crippen molar-refractivity contribution < 1.29 is 19.4 Å². The molecule has 0 radical (unpaired) electrons. The van der Waals surface area contributed by atoms with Crippen LogP contribution < -0.4 is 14.4 Å². The molecule has 182 valence electrons. The molecule has 0 aliphatic carbocycles. The third-order valence-electron chi connectivity index (χ3n) is 6.05. The second-order valence-electron chi connectivity index (χ2n) is 8.71. The summed E-state index contributed by atoms with van der Waals surface area (Å²) in [6.45, 7) is 2.27. The van der Waals surface area contributed by atoms with Crippen molar-refractivity contribution in [3.63, 3.8) is 0 Å². The second kappa shape index (κ2) is 11.0. The average Bonchev–Trinajstić information content (AvgIpc) is 2.89. The van der Waals surface area contributed by atoms with Crippen LogP contribution in [0.1, 0.15) is 11.1 Å². The number of ether oxygens (including phenoxy) is 2. The molecule has 4 aromatic rings. The number of para-hydroxylation sites is 4. The molecule has 1 heterocycles. The Balaban J connectivity index is 1.21. The highest BCUT2D eigenvalue weighted by molar-refractivity contribution is 5.77. The van der Waals surface area contributed by atoms with E-state index in [4.69, 9.17) is 9.47 Å². The van der Waals surface area contributed by atoms with Gasteiger partial charge in [0.2, 0.25) is 0 Å². The molecule has 0 saturated carbocycles. The number of aliphatic carboxylic acids is 1. The number of carboxylic acid groups (broad SMARTS) is 1. The fraction of sp³-hybridized carbons (Fsp3) is 0.167. The lowest BCUT2D eigenvalue weighted by atomic mass is 10.1. The van der Waals surface area contributed by atoms with E-state index in [0.29, 0.717) is 26.2 Å². The SMILES string of the molecule is O=C(O)CN(Cc1ccccc1)Cc1ccc(OCCN2c3ccccc3Oc3ccccc32)cc1. The first-order chi connectivity index (χ1) is 17.7. The van der Waals surface area contributed by atoms with E-state index in [9.17, 15) is 9.90 Å². The Morgan fingerprint density at radius 3 is 1.92 bits per heavy atom. The monoisotopic (exact) mass is 480 g/mol. The van der Waals surface area contributed by atoms with E-state index in [2.05, 4.69) is 17.0 Å². The van der Waals surface area contributed by atoms with Gasteiger partial charge in [0.1, 0.15) is 12.4 Å². The first kappa shape index (κ1) is 23.5. The highest BCUT2D eigenvalue weighted by atomic mass is 16.5. The molecule has 1 aliphatic heterocycles. The van der Waals surface area contributed by atoms with Gasteiger partial charge in [0.15, 0.2) is 11.5 Å². The number of hydrogen-bond donors (Lipinski definition) is 1. The molecule has 0 unspecified atom stereocenters. The molecular weight excluding hydrogens is 452 g/mol. The Hall–Kier alpha value is -4.29. The van der Waals surface area contributed by atoms with Crippen LogP contribution in [0.4, 0.5) is 11.4 Å². The fourth-order valence-electron chi connectivity index (χ4n) is 4.43. The minimum Gasteiger partial charge on any atom is -0.492 e. The Morgan fingerprint density at radius 2 is 1.31 bits per heavy atom. The van der Waals surface area contributed by atoms with Crippen LogP contribution >= 0.6 is 0 Å². The van der Waals surface area contributed by atoms with Crippen LogP contribution in [0.3, 0.4) is 0 Å². The van der Waals surface area contributed by atoms with Crippen LogP contribution in [0, 0.1) is 0 Å². The average molecular weight is 481 g/mol. The standard InChI is InChI=1S/C30H28N2O4/c33-30(34)22-31(20-23-8-2-1-3-9-23)21-24-14-16-25(17-15-24)35-19-18-32-26-10-4-6-12-28(26)36-29-13-7-5-11-27(29)32/h1-17H,18-22H2,(H,33,34). The summed E-state index contributed by atoms with van der Waals surface area (Å²) in [5.41, 5.74) is 4.17. The lowest BCUT2D eigenvalue weighted by Crippen LogP contribution is -2.29. The third-order valence-corrected chi connectivity index (χ3v) is 6.05. The molecule has 1 aliphatic rings. The maximum absolute atomic E-state index is 11.4. The number of carbonyl (C=O) groups is 1. The summed E-state index contributed by atoms with van der Waals surface area (Å²) < 4.78 is 12.1. The number of anilines is 2. The van der Waals surface area contributed by atoms with Crippen LogP contribution in [0.2, 0.25) is 0 Å². The second-order valence-corrected chi connectivity index (χ2v) is 8.71. The molecule has 0 atom stereocenters. The zero-order valence-electron chi connectivity index (χ0n) is 19.9. The van der Waals surface area contributed by atoms with Gasteiger partial charge in [-0.25, -0.2) is 0 Å². The van der Waals surface area contributed by atoms with Gasteiger partial charge in [-0.15, -0.1) is 0 Å². The van der Waals surface area contributed by atoms with Crippen LogP contribution in [0.15, 0.2) is 103 Å². The van der Waals surface area contributed by atoms with E-state index in [1.807, 2.05) is 95.9 Å². The fourth-order valence-corrected chi connectivity index (χ4v) is 4.43. The molecule has 0 fully saturated rings.